The van der Waals surface area contributed by atoms with Crippen molar-refractivity contribution < 1.29 is 4.74 Å². The molecule has 27 heavy (non-hydrogen) atoms. The van der Waals surface area contributed by atoms with Gasteiger partial charge < -0.3 is 20.3 Å². The zero-order valence-corrected chi connectivity index (χ0v) is 18.2. The van der Waals surface area contributed by atoms with Crippen LogP contribution in [0.1, 0.15) is 19.3 Å². The van der Waals surface area contributed by atoms with E-state index in [2.05, 4.69) is 35.4 Å². The summed E-state index contributed by atoms with van der Waals surface area (Å²) in [4.78, 5) is 17.8. The number of nitrogens with one attached hydrogen (secondary N) is 2. The first kappa shape index (κ1) is 20.5. The van der Waals surface area contributed by atoms with E-state index in [1.165, 1.54) is 12.8 Å². The van der Waals surface area contributed by atoms with Gasteiger partial charge in [-0.1, -0.05) is 0 Å². The van der Waals surface area contributed by atoms with Gasteiger partial charge >= 0.3 is 0 Å². The molecule has 0 aromatic carbocycles. The Labute approximate surface area is 178 Å². The maximum absolute atomic E-state index is 5.91. The second-order valence-electron chi connectivity index (χ2n) is 7.24. The standard InChI is InChI=1S/C18H29N7O.HI/c1-19-17(23-15-13-14-3-4-16(15)26-14)20-7-8-24-9-11-25(12-10-24)18-21-5-2-6-22-18;/h2,5-6,14-16H,3-4,7-13H2,1H3,(H2,19,20,23);1H. The molecule has 1 aromatic heterocycles. The van der Waals surface area contributed by atoms with Gasteiger partial charge in [0.2, 0.25) is 5.95 Å². The first-order valence-electron chi connectivity index (χ1n) is 9.69. The lowest BCUT2D eigenvalue weighted by molar-refractivity contribution is 0.0992. The van der Waals surface area contributed by atoms with Gasteiger partial charge in [-0.05, 0) is 25.3 Å². The number of rotatable bonds is 5. The normalized spacial score (nSPS) is 28.1. The van der Waals surface area contributed by atoms with Crippen LogP contribution in [0.5, 0.6) is 0 Å². The lowest BCUT2D eigenvalue weighted by atomic mass is 9.96. The number of ether oxygens (including phenoxy) is 1. The van der Waals surface area contributed by atoms with Crippen LogP contribution >= 0.6 is 24.0 Å². The number of nitrogens with zero attached hydrogens (tertiary/aromatic N) is 5. The third-order valence-corrected chi connectivity index (χ3v) is 5.58. The highest BCUT2D eigenvalue weighted by atomic mass is 127. The number of guanidine groups is 1. The predicted octanol–water partition coefficient (Wildman–Crippen LogP) is 0.702. The fourth-order valence-electron chi connectivity index (χ4n) is 4.12. The van der Waals surface area contributed by atoms with E-state index in [-0.39, 0.29) is 24.0 Å². The van der Waals surface area contributed by atoms with Gasteiger partial charge in [0, 0.05) is 58.7 Å². The SMILES string of the molecule is CN=C(NCCN1CCN(c2ncccn2)CC1)NC1CC2CCC1O2.I. The number of halogens is 1. The molecular formula is C18H30IN7O. The lowest BCUT2D eigenvalue weighted by Gasteiger charge is -2.34. The molecule has 0 saturated carbocycles. The van der Waals surface area contributed by atoms with E-state index < -0.39 is 0 Å². The summed E-state index contributed by atoms with van der Waals surface area (Å²) in [5, 5.41) is 6.98. The molecule has 3 aliphatic rings. The molecule has 150 valence electrons. The molecule has 3 saturated heterocycles. The summed E-state index contributed by atoms with van der Waals surface area (Å²) in [5.41, 5.74) is 0. The van der Waals surface area contributed by atoms with Crippen molar-refractivity contribution >= 4 is 35.9 Å². The minimum atomic E-state index is 0. The topological polar surface area (TPSA) is 77.9 Å². The molecule has 9 heteroatoms. The van der Waals surface area contributed by atoms with Gasteiger partial charge in [0.05, 0.1) is 18.2 Å². The van der Waals surface area contributed by atoms with Gasteiger partial charge in [-0.3, -0.25) is 9.89 Å². The Bertz CT molecular complexity index is 609. The molecule has 2 bridgehead atoms. The first-order chi connectivity index (χ1) is 12.8. The average Bonchev–Trinajstić information content (AvgIpc) is 3.31. The van der Waals surface area contributed by atoms with Gasteiger partial charge in [-0.25, -0.2) is 9.97 Å². The number of hydrogen-bond donors (Lipinski definition) is 2. The minimum Gasteiger partial charge on any atom is -0.373 e. The number of hydrogen-bond acceptors (Lipinski definition) is 6. The van der Waals surface area contributed by atoms with Crippen molar-refractivity contribution in [2.24, 2.45) is 4.99 Å². The van der Waals surface area contributed by atoms with Crippen LogP contribution in [-0.4, -0.2) is 85.4 Å². The largest absolute Gasteiger partial charge is 0.373 e. The Kier molecular flexibility index (Phi) is 7.48. The van der Waals surface area contributed by atoms with E-state index >= 15 is 0 Å². The molecule has 3 atom stereocenters. The van der Waals surface area contributed by atoms with Crippen molar-refractivity contribution in [1.82, 2.24) is 25.5 Å². The quantitative estimate of drug-likeness (QED) is 0.360. The zero-order valence-electron chi connectivity index (χ0n) is 15.9. The molecule has 0 amide bonds. The van der Waals surface area contributed by atoms with Crippen LogP contribution in [0.3, 0.4) is 0 Å². The van der Waals surface area contributed by atoms with Crippen LogP contribution in [0.2, 0.25) is 0 Å². The van der Waals surface area contributed by atoms with Crippen LogP contribution < -0.4 is 15.5 Å². The highest BCUT2D eigenvalue weighted by Crippen LogP contribution is 2.34. The monoisotopic (exact) mass is 487 g/mol. The Morgan fingerprint density at radius 2 is 2.00 bits per heavy atom. The minimum absolute atomic E-state index is 0. The molecule has 8 nitrogen and oxygen atoms in total. The molecule has 0 radical (unpaired) electrons. The van der Waals surface area contributed by atoms with Crippen molar-refractivity contribution in [3.05, 3.63) is 18.5 Å². The molecule has 3 aliphatic heterocycles. The number of piperazine rings is 1. The Balaban J connectivity index is 0.00000210. The average molecular weight is 487 g/mol. The van der Waals surface area contributed by atoms with Crippen LogP contribution in [0.15, 0.2) is 23.5 Å². The van der Waals surface area contributed by atoms with Crippen molar-refractivity contribution in [2.45, 2.75) is 37.5 Å². The van der Waals surface area contributed by atoms with Crippen LogP contribution in [-0.2, 0) is 4.74 Å². The summed E-state index contributed by atoms with van der Waals surface area (Å²) >= 11 is 0. The van der Waals surface area contributed by atoms with Gasteiger partial charge in [-0.15, -0.1) is 24.0 Å². The van der Waals surface area contributed by atoms with Crippen LogP contribution in [0.25, 0.3) is 0 Å². The highest BCUT2D eigenvalue weighted by molar-refractivity contribution is 14.0. The molecule has 2 N–H and O–H groups in total. The van der Waals surface area contributed by atoms with Crippen LogP contribution in [0, 0.1) is 0 Å². The summed E-state index contributed by atoms with van der Waals surface area (Å²) in [6.45, 7) is 5.91. The molecule has 1 aromatic rings. The molecule has 4 heterocycles. The maximum atomic E-state index is 5.91. The number of aromatic nitrogens is 2. The summed E-state index contributed by atoms with van der Waals surface area (Å²) in [7, 11) is 1.84. The maximum Gasteiger partial charge on any atom is 0.225 e. The highest BCUT2D eigenvalue weighted by Gasteiger charge is 2.41. The van der Waals surface area contributed by atoms with Gasteiger partial charge in [0.25, 0.3) is 0 Å². The molecule has 0 spiro atoms. The Morgan fingerprint density at radius 3 is 2.63 bits per heavy atom. The molecule has 0 aliphatic carbocycles. The molecular weight excluding hydrogens is 457 g/mol. The fraction of sp³-hybridized carbons (Fsp3) is 0.722. The summed E-state index contributed by atoms with van der Waals surface area (Å²) in [6, 6.07) is 2.27. The van der Waals surface area contributed by atoms with Crippen molar-refractivity contribution in [1.29, 1.82) is 0 Å². The summed E-state index contributed by atoms with van der Waals surface area (Å²) in [5.74, 6) is 1.73. The zero-order chi connectivity index (χ0) is 17.8. The fourth-order valence-corrected chi connectivity index (χ4v) is 4.12. The third kappa shape index (κ3) is 5.20. The van der Waals surface area contributed by atoms with E-state index in [4.69, 9.17) is 4.74 Å². The van der Waals surface area contributed by atoms with Crippen molar-refractivity contribution in [3.8, 4) is 0 Å². The number of anilines is 1. The molecule has 4 rings (SSSR count). The smallest absolute Gasteiger partial charge is 0.225 e. The Hall–Kier alpha value is -1.20. The third-order valence-electron chi connectivity index (χ3n) is 5.58. The lowest BCUT2D eigenvalue weighted by Crippen LogP contribution is -2.51. The van der Waals surface area contributed by atoms with Gasteiger partial charge in [0.1, 0.15) is 0 Å². The number of aliphatic imine (C=N–C) groups is 1. The summed E-state index contributed by atoms with van der Waals surface area (Å²) in [6.07, 6.45) is 7.93. The predicted molar refractivity (Wildman–Crippen MR) is 117 cm³/mol. The van der Waals surface area contributed by atoms with E-state index in [0.29, 0.717) is 18.2 Å². The van der Waals surface area contributed by atoms with Crippen molar-refractivity contribution in [3.63, 3.8) is 0 Å². The second-order valence-corrected chi connectivity index (χ2v) is 7.24. The summed E-state index contributed by atoms with van der Waals surface area (Å²) < 4.78 is 5.91. The van der Waals surface area contributed by atoms with Gasteiger partial charge in [0.15, 0.2) is 5.96 Å². The van der Waals surface area contributed by atoms with E-state index in [0.717, 1.165) is 57.6 Å². The second kappa shape index (κ2) is 9.83. The van der Waals surface area contributed by atoms with E-state index in [1.54, 1.807) is 12.4 Å². The molecule has 3 unspecified atom stereocenters. The van der Waals surface area contributed by atoms with E-state index in [1.807, 2.05) is 13.1 Å². The van der Waals surface area contributed by atoms with Crippen LogP contribution in [0.4, 0.5) is 5.95 Å². The number of fused-ring (bicyclic) bond motifs is 2. The van der Waals surface area contributed by atoms with Gasteiger partial charge in [-0.2, -0.15) is 0 Å². The Morgan fingerprint density at radius 1 is 1.22 bits per heavy atom. The molecule has 3 fully saturated rings. The first-order valence-corrected chi connectivity index (χ1v) is 9.69. The van der Waals surface area contributed by atoms with Crippen molar-refractivity contribution in [2.75, 3.05) is 51.2 Å². The van der Waals surface area contributed by atoms with E-state index in [9.17, 15) is 0 Å².